The number of para-hydroxylation sites is 3. The molecule has 0 bridgehead atoms. The second-order valence-electron chi connectivity index (χ2n) is 4.34. The molecule has 0 unspecified atom stereocenters. The van der Waals surface area contributed by atoms with Crippen LogP contribution in [0.3, 0.4) is 0 Å². The van der Waals surface area contributed by atoms with Gasteiger partial charge in [-0.15, -0.1) is 12.6 Å². The molecule has 120 valence electrons. The maximum absolute atomic E-state index is 8.72. The van der Waals surface area contributed by atoms with Crippen LogP contribution in [0.25, 0.3) is 0 Å². The van der Waals surface area contributed by atoms with Crippen LogP contribution in [-0.2, 0) is 0 Å². The molecular formula is C18H18O4S. The van der Waals surface area contributed by atoms with E-state index in [2.05, 4.69) is 12.6 Å². The first-order valence-electron chi connectivity index (χ1n) is 6.68. The van der Waals surface area contributed by atoms with Crippen molar-refractivity contribution in [2.45, 2.75) is 4.90 Å². The Morgan fingerprint density at radius 2 is 0.870 bits per heavy atom. The van der Waals surface area contributed by atoms with Crippen molar-refractivity contribution in [1.29, 1.82) is 0 Å². The number of phenols is 4. The highest BCUT2D eigenvalue weighted by atomic mass is 32.1. The van der Waals surface area contributed by atoms with E-state index in [9.17, 15) is 0 Å². The molecule has 0 saturated carbocycles. The van der Waals surface area contributed by atoms with Crippen molar-refractivity contribution in [1.82, 2.24) is 0 Å². The molecule has 3 aromatic carbocycles. The van der Waals surface area contributed by atoms with Crippen molar-refractivity contribution in [3.8, 4) is 23.0 Å². The highest BCUT2D eigenvalue weighted by Gasteiger charge is 1.90. The van der Waals surface area contributed by atoms with Gasteiger partial charge >= 0.3 is 0 Å². The Bertz CT molecular complexity index is 643. The van der Waals surface area contributed by atoms with Gasteiger partial charge < -0.3 is 20.4 Å². The highest BCUT2D eigenvalue weighted by molar-refractivity contribution is 7.80. The number of hydrogen-bond donors (Lipinski definition) is 5. The summed E-state index contributed by atoms with van der Waals surface area (Å²) < 4.78 is 0. The van der Waals surface area contributed by atoms with Crippen LogP contribution in [0.4, 0.5) is 0 Å². The van der Waals surface area contributed by atoms with Crippen LogP contribution in [-0.4, -0.2) is 20.4 Å². The summed E-state index contributed by atoms with van der Waals surface area (Å²) in [5.41, 5.74) is 0. The fourth-order valence-electron chi connectivity index (χ4n) is 1.34. The van der Waals surface area contributed by atoms with E-state index in [0.717, 1.165) is 4.90 Å². The normalized spacial score (nSPS) is 8.91. The minimum absolute atomic E-state index is 0.0764. The van der Waals surface area contributed by atoms with E-state index >= 15 is 0 Å². The molecule has 4 nitrogen and oxygen atoms in total. The Morgan fingerprint density at radius 3 is 1.17 bits per heavy atom. The zero-order valence-electron chi connectivity index (χ0n) is 12.2. The van der Waals surface area contributed by atoms with E-state index in [1.54, 1.807) is 60.7 Å². The van der Waals surface area contributed by atoms with Crippen molar-refractivity contribution in [2.24, 2.45) is 0 Å². The van der Waals surface area contributed by atoms with Gasteiger partial charge in [-0.05, 0) is 48.5 Å². The van der Waals surface area contributed by atoms with E-state index in [0.29, 0.717) is 5.75 Å². The topological polar surface area (TPSA) is 80.9 Å². The van der Waals surface area contributed by atoms with Gasteiger partial charge in [-0.1, -0.05) is 30.3 Å². The first-order valence-corrected chi connectivity index (χ1v) is 7.12. The van der Waals surface area contributed by atoms with Gasteiger partial charge in [0.25, 0.3) is 0 Å². The molecule has 0 amide bonds. The van der Waals surface area contributed by atoms with Gasteiger partial charge in [0.2, 0.25) is 0 Å². The Hall–Kier alpha value is -2.79. The molecule has 0 aliphatic rings. The number of hydrogen-bond acceptors (Lipinski definition) is 5. The van der Waals surface area contributed by atoms with Gasteiger partial charge in [0, 0.05) is 4.90 Å². The number of aromatic hydroxyl groups is 4. The molecule has 4 N–H and O–H groups in total. The average Bonchev–Trinajstić information content (AvgIpc) is 2.55. The SMILES string of the molecule is Oc1ccc(S)cc1.Oc1ccccc1.Oc1ccccc1O. The molecule has 23 heavy (non-hydrogen) atoms. The first kappa shape index (κ1) is 18.3. The average molecular weight is 330 g/mol. The fraction of sp³-hybridized carbons (Fsp3) is 0. The standard InChI is InChI=1S/C6H6O2.C6H6OS.C6H6O/c7-5-3-1-2-4-6(5)8;7-5-1-3-6(8)4-2-5;7-6-4-2-1-3-5-6/h2*1-4,7-8H;1-5,7H. The van der Waals surface area contributed by atoms with Crippen molar-refractivity contribution in [2.75, 3.05) is 0 Å². The lowest BCUT2D eigenvalue weighted by molar-refractivity contribution is 0.404. The summed E-state index contributed by atoms with van der Waals surface area (Å²) in [6, 6.07) is 21.5. The van der Waals surface area contributed by atoms with Gasteiger partial charge in [0.05, 0.1) is 0 Å². The number of phenolic OH excluding ortho intramolecular Hbond substituents is 4. The third-order valence-corrected chi connectivity index (χ3v) is 2.79. The van der Waals surface area contributed by atoms with Crippen LogP contribution < -0.4 is 0 Å². The number of benzene rings is 3. The summed E-state index contributed by atoms with van der Waals surface area (Å²) >= 11 is 4.02. The second-order valence-corrected chi connectivity index (χ2v) is 4.86. The Balaban J connectivity index is 0.000000173. The van der Waals surface area contributed by atoms with Crippen molar-refractivity contribution in [3.05, 3.63) is 78.9 Å². The molecule has 3 aromatic rings. The molecule has 0 fully saturated rings. The van der Waals surface area contributed by atoms with Crippen molar-refractivity contribution < 1.29 is 20.4 Å². The highest BCUT2D eigenvalue weighted by Crippen LogP contribution is 2.21. The summed E-state index contributed by atoms with van der Waals surface area (Å²) in [5, 5.41) is 34.7. The van der Waals surface area contributed by atoms with Crippen LogP contribution >= 0.6 is 12.6 Å². The fourth-order valence-corrected chi connectivity index (χ4v) is 1.49. The third kappa shape index (κ3) is 8.28. The van der Waals surface area contributed by atoms with Gasteiger partial charge in [-0.25, -0.2) is 0 Å². The van der Waals surface area contributed by atoms with Crippen LogP contribution in [0.1, 0.15) is 0 Å². The first-order chi connectivity index (χ1) is 11.0. The van der Waals surface area contributed by atoms with Crippen LogP contribution in [0.15, 0.2) is 83.8 Å². The second kappa shape index (κ2) is 10.0. The van der Waals surface area contributed by atoms with Crippen LogP contribution in [0.5, 0.6) is 23.0 Å². The lowest BCUT2D eigenvalue weighted by Gasteiger charge is -1.91. The smallest absolute Gasteiger partial charge is 0.157 e. The minimum atomic E-state index is -0.0764. The maximum Gasteiger partial charge on any atom is 0.157 e. The van der Waals surface area contributed by atoms with E-state index < -0.39 is 0 Å². The molecule has 0 radical (unpaired) electrons. The quantitative estimate of drug-likeness (QED) is 0.316. The summed E-state index contributed by atoms with van der Waals surface area (Å²) in [7, 11) is 0. The minimum Gasteiger partial charge on any atom is -0.508 e. The van der Waals surface area contributed by atoms with Gasteiger partial charge in [-0.3, -0.25) is 0 Å². The largest absolute Gasteiger partial charge is 0.508 e. The zero-order chi connectivity index (χ0) is 17.1. The lowest BCUT2D eigenvalue weighted by atomic mass is 10.3. The zero-order valence-corrected chi connectivity index (χ0v) is 13.1. The molecule has 0 spiro atoms. The van der Waals surface area contributed by atoms with Gasteiger partial charge in [0.1, 0.15) is 11.5 Å². The summed E-state index contributed by atoms with van der Waals surface area (Å²) in [5.74, 6) is 0.449. The Labute approximate surface area is 140 Å². The molecule has 3 rings (SSSR count). The molecule has 0 heterocycles. The molecule has 5 heteroatoms. The summed E-state index contributed by atoms with van der Waals surface area (Å²) in [6.07, 6.45) is 0. The van der Waals surface area contributed by atoms with Gasteiger partial charge in [0.15, 0.2) is 11.5 Å². The molecule has 0 atom stereocenters. The van der Waals surface area contributed by atoms with E-state index in [1.807, 2.05) is 6.07 Å². The van der Waals surface area contributed by atoms with Gasteiger partial charge in [-0.2, -0.15) is 0 Å². The predicted molar refractivity (Wildman–Crippen MR) is 93.2 cm³/mol. The molecule has 0 saturated heterocycles. The van der Waals surface area contributed by atoms with Crippen molar-refractivity contribution in [3.63, 3.8) is 0 Å². The lowest BCUT2D eigenvalue weighted by Crippen LogP contribution is -1.63. The summed E-state index contributed by atoms with van der Waals surface area (Å²) in [6.45, 7) is 0. The number of rotatable bonds is 0. The Morgan fingerprint density at radius 1 is 0.478 bits per heavy atom. The van der Waals surface area contributed by atoms with Crippen LogP contribution in [0, 0.1) is 0 Å². The molecule has 0 aromatic heterocycles. The van der Waals surface area contributed by atoms with E-state index in [4.69, 9.17) is 20.4 Å². The van der Waals surface area contributed by atoms with E-state index in [1.165, 1.54) is 12.1 Å². The molecule has 0 aliphatic carbocycles. The van der Waals surface area contributed by atoms with E-state index in [-0.39, 0.29) is 17.2 Å². The molecule has 0 aliphatic heterocycles. The van der Waals surface area contributed by atoms with Crippen LogP contribution in [0.2, 0.25) is 0 Å². The Kier molecular flexibility index (Phi) is 7.96. The predicted octanol–water partition coefficient (Wildman–Crippen LogP) is 4.17. The monoisotopic (exact) mass is 330 g/mol. The van der Waals surface area contributed by atoms with Crippen molar-refractivity contribution >= 4 is 12.6 Å². The maximum atomic E-state index is 8.72. The number of thiol groups is 1. The third-order valence-electron chi connectivity index (χ3n) is 2.49. The molecular weight excluding hydrogens is 312 g/mol. The summed E-state index contributed by atoms with van der Waals surface area (Å²) in [4.78, 5) is 0.864.